The summed E-state index contributed by atoms with van der Waals surface area (Å²) in [4.78, 5) is 3.24. The molecular weight excluding hydrogens is 210 g/mol. The molecule has 1 aromatic rings. The minimum atomic E-state index is 0.0300. The lowest BCUT2D eigenvalue weighted by Crippen LogP contribution is -2.12. The largest absolute Gasteiger partial charge is 0.411 e. The number of oxime groups is 1. The zero-order chi connectivity index (χ0) is 10.8. The second-order valence-corrected chi connectivity index (χ2v) is 4.71. The third-order valence-electron chi connectivity index (χ3n) is 2.23. The van der Waals surface area contributed by atoms with Crippen LogP contribution in [0.4, 0.5) is 11.4 Å². The highest BCUT2D eigenvalue weighted by Crippen LogP contribution is 2.39. The van der Waals surface area contributed by atoms with E-state index in [9.17, 15) is 0 Å². The van der Waals surface area contributed by atoms with Crippen LogP contribution in [0.25, 0.3) is 0 Å². The van der Waals surface area contributed by atoms with E-state index in [0.717, 1.165) is 11.4 Å². The van der Waals surface area contributed by atoms with Crippen LogP contribution in [-0.2, 0) is 0 Å². The van der Waals surface area contributed by atoms with Crippen molar-refractivity contribution in [1.29, 1.82) is 0 Å². The van der Waals surface area contributed by atoms with Crippen LogP contribution in [0, 0.1) is 0 Å². The highest BCUT2D eigenvalue weighted by molar-refractivity contribution is 8.01. The first-order chi connectivity index (χ1) is 7.20. The fourth-order valence-electron chi connectivity index (χ4n) is 1.46. The first kappa shape index (κ1) is 10.2. The van der Waals surface area contributed by atoms with Gasteiger partial charge in [-0.15, -0.1) is 0 Å². The maximum absolute atomic E-state index is 8.46. The molecule has 0 fully saturated rings. The smallest absolute Gasteiger partial charge is 0.116 e. The quantitative estimate of drug-likeness (QED) is 0.458. The third-order valence-corrected chi connectivity index (χ3v) is 3.34. The maximum atomic E-state index is 8.46. The molecule has 0 aliphatic carbocycles. The fourth-order valence-corrected chi connectivity index (χ4v) is 2.43. The number of nitrogens with one attached hydrogen (secondary N) is 1. The summed E-state index contributed by atoms with van der Waals surface area (Å²) in [5.41, 5.74) is 2.25. The Morgan fingerprint density at radius 2 is 2.33 bits per heavy atom. The van der Waals surface area contributed by atoms with Gasteiger partial charge in [-0.2, -0.15) is 0 Å². The number of nitrogens with zero attached hydrogens (tertiary/aromatic N) is 2. The summed E-state index contributed by atoms with van der Waals surface area (Å²) in [5.74, 6) is 0. The summed E-state index contributed by atoms with van der Waals surface area (Å²) in [7, 11) is 4.02. The summed E-state index contributed by atoms with van der Waals surface area (Å²) in [6, 6.07) is 6.24. The Morgan fingerprint density at radius 3 is 3.00 bits per heavy atom. The molecule has 1 aliphatic rings. The zero-order valence-corrected chi connectivity index (χ0v) is 9.45. The van der Waals surface area contributed by atoms with Crippen LogP contribution in [0.5, 0.6) is 0 Å². The lowest BCUT2D eigenvalue weighted by atomic mass is 10.2. The summed E-state index contributed by atoms with van der Waals surface area (Å²) in [5, 5.41) is 14.8. The van der Waals surface area contributed by atoms with Crippen LogP contribution in [0.1, 0.15) is 0 Å². The highest BCUT2D eigenvalue weighted by atomic mass is 32.2. The molecule has 0 radical (unpaired) electrons. The van der Waals surface area contributed by atoms with Gasteiger partial charge in [-0.05, 0) is 18.2 Å². The van der Waals surface area contributed by atoms with Crippen molar-refractivity contribution in [3.63, 3.8) is 0 Å². The van der Waals surface area contributed by atoms with Gasteiger partial charge >= 0.3 is 0 Å². The van der Waals surface area contributed by atoms with E-state index in [1.165, 1.54) is 11.1 Å². The highest BCUT2D eigenvalue weighted by Gasteiger charge is 2.20. The van der Waals surface area contributed by atoms with Crippen molar-refractivity contribution in [1.82, 2.24) is 0 Å². The van der Waals surface area contributed by atoms with E-state index in [-0.39, 0.29) is 5.37 Å². The van der Waals surface area contributed by atoms with Crippen molar-refractivity contribution in [2.24, 2.45) is 5.16 Å². The number of thioether (sulfide) groups is 1. The molecule has 15 heavy (non-hydrogen) atoms. The zero-order valence-electron chi connectivity index (χ0n) is 8.64. The van der Waals surface area contributed by atoms with E-state index in [2.05, 4.69) is 33.6 Å². The van der Waals surface area contributed by atoms with E-state index in [1.54, 1.807) is 11.8 Å². The molecule has 1 aliphatic heterocycles. The van der Waals surface area contributed by atoms with Crippen molar-refractivity contribution in [2.75, 3.05) is 24.3 Å². The minimum absolute atomic E-state index is 0.0300. The van der Waals surface area contributed by atoms with E-state index in [4.69, 9.17) is 5.21 Å². The van der Waals surface area contributed by atoms with Crippen LogP contribution in [0.2, 0.25) is 0 Å². The standard InChI is InChI=1S/C10H13N3OS/c1-13(2)7-3-4-9-8(5-7)12-10(15-9)6-11-14/h3-6,10,12,14H,1-2H3/b11-6+. The van der Waals surface area contributed by atoms with Gasteiger partial charge in [0.15, 0.2) is 0 Å². The van der Waals surface area contributed by atoms with Gasteiger partial charge in [0.05, 0.1) is 11.9 Å². The average Bonchev–Trinajstić information content (AvgIpc) is 2.59. The maximum Gasteiger partial charge on any atom is 0.116 e. The predicted molar refractivity (Wildman–Crippen MR) is 64.3 cm³/mol. The van der Waals surface area contributed by atoms with E-state index in [1.807, 2.05) is 14.1 Å². The Bertz CT molecular complexity index is 392. The topological polar surface area (TPSA) is 47.9 Å². The van der Waals surface area contributed by atoms with Crippen molar-refractivity contribution < 1.29 is 5.21 Å². The Balaban J connectivity index is 2.23. The average molecular weight is 223 g/mol. The number of hydrogen-bond acceptors (Lipinski definition) is 5. The number of anilines is 2. The van der Waals surface area contributed by atoms with Crippen LogP contribution in [-0.4, -0.2) is 30.9 Å². The molecule has 2 rings (SSSR count). The Labute approximate surface area is 93.0 Å². The molecule has 5 heteroatoms. The number of hydrogen-bond donors (Lipinski definition) is 2. The number of benzene rings is 1. The molecule has 0 amide bonds. The van der Waals surface area contributed by atoms with Crippen LogP contribution in [0.3, 0.4) is 0 Å². The van der Waals surface area contributed by atoms with E-state index < -0.39 is 0 Å². The molecule has 80 valence electrons. The lowest BCUT2D eigenvalue weighted by Gasteiger charge is -2.13. The van der Waals surface area contributed by atoms with Gasteiger partial charge in [0, 0.05) is 24.7 Å². The predicted octanol–water partition coefficient (Wildman–Crippen LogP) is 2.06. The summed E-state index contributed by atoms with van der Waals surface area (Å²) < 4.78 is 0. The van der Waals surface area contributed by atoms with Gasteiger partial charge in [-0.1, -0.05) is 16.9 Å². The van der Waals surface area contributed by atoms with Gasteiger partial charge in [0.25, 0.3) is 0 Å². The molecule has 0 bridgehead atoms. The summed E-state index contributed by atoms with van der Waals surface area (Å²) >= 11 is 1.64. The van der Waals surface area contributed by atoms with Crippen LogP contribution < -0.4 is 10.2 Å². The van der Waals surface area contributed by atoms with E-state index >= 15 is 0 Å². The lowest BCUT2D eigenvalue weighted by molar-refractivity contribution is 0.321. The summed E-state index contributed by atoms with van der Waals surface area (Å²) in [6.45, 7) is 0. The van der Waals surface area contributed by atoms with Crippen LogP contribution in [0.15, 0.2) is 28.3 Å². The molecule has 2 N–H and O–H groups in total. The molecule has 1 unspecified atom stereocenters. The van der Waals surface area contributed by atoms with Gasteiger partial charge in [-0.3, -0.25) is 0 Å². The first-order valence-corrected chi connectivity index (χ1v) is 5.51. The second kappa shape index (κ2) is 4.02. The third kappa shape index (κ3) is 2.02. The summed E-state index contributed by atoms with van der Waals surface area (Å²) in [6.07, 6.45) is 1.49. The molecular formula is C10H13N3OS. The minimum Gasteiger partial charge on any atom is -0.411 e. The monoisotopic (exact) mass is 223 g/mol. The Hall–Kier alpha value is -1.36. The second-order valence-electron chi connectivity index (χ2n) is 3.52. The van der Waals surface area contributed by atoms with Gasteiger partial charge in [-0.25, -0.2) is 0 Å². The Kier molecular flexibility index (Phi) is 2.73. The molecule has 1 aromatic carbocycles. The van der Waals surface area contributed by atoms with E-state index in [0.29, 0.717) is 0 Å². The molecule has 0 saturated carbocycles. The molecule has 0 aromatic heterocycles. The molecule has 0 saturated heterocycles. The fraction of sp³-hybridized carbons (Fsp3) is 0.300. The number of rotatable bonds is 2. The molecule has 4 nitrogen and oxygen atoms in total. The molecule has 1 atom stereocenters. The molecule has 0 spiro atoms. The van der Waals surface area contributed by atoms with Gasteiger partial charge < -0.3 is 15.4 Å². The van der Waals surface area contributed by atoms with Crippen molar-refractivity contribution in [2.45, 2.75) is 10.3 Å². The SMILES string of the molecule is CN(C)c1ccc2c(c1)NC(/C=N/O)S2. The van der Waals surface area contributed by atoms with Crippen molar-refractivity contribution in [3.8, 4) is 0 Å². The van der Waals surface area contributed by atoms with Crippen LogP contribution >= 0.6 is 11.8 Å². The molecule has 1 heterocycles. The number of fused-ring (bicyclic) bond motifs is 1. The van der Waals surface area contributed by atoms with Crippen molar-refractivity contribution in [3.05, 3.63) is 18.2 Å². The normalized spacial score (nSPS) is 18.9. The van der Waals surface area contributed by atoms with Crippen molar-refractivity contribution >= 4 is 29.4 Å². The van der Waals surface area contributed by atoms with Gasteiger partial charge in [0.2, 0.25) is 0 Å². The Morgan fingerprint density at radius 1 is 1.53 bits per heavy atom. The first-order valence-electron chi connectivity index (χ1n) is 4.63. The van der Waals surface area contributed by atoms with Gasteiger partial charge in [0.1, 0.15) is 5.37 Å².